The van der Waals surface area contributed by atoms with E-state index in [0.717, 1.165) is 29.2 Å². The van der Waals surface area contributed by atoms with Crippen LogP contribution in [0.2, 0.25) is 0 Å². The third kappa shape index (κ3) is 5.60. The van der Waals surface area contributed by atoms with E-state index < -0.39 is 23.4 Å². The first-order valence-corrected chi connectivity index (χ1v) is 14.0. The van der Waals surface area contributed by atoms with Gasteiger partial charge in [-0.2, -0.15) is 0 Å². The molecule has 0 aliphatic carbocycles. The van der Waals surface area contributed by atoms with Crippen LogP contribution in [0.1, 0.15) is 65.9 Å². The largest absolute Gasteiger partial charge is 0.468 e. The molecule has 1 fully saturated rings. The number of piperidine rings is 1. The Labute approximate surface area is 231 Å². The van der Waals surface area contributed by atoms with Gasteiger partial charge in [0.2, 0.25) is 11.8 Å². The third-order valence-electron chi connectivity index (χ3n) is 8.18. The van der Waals surface area contributed by atoms with Crippen LogP contribution in [-0.4, -0.2) is 48.5 Å². The molecule has 210 valence electrons. The van der Waals surface area contributed by atoms with E-state index in [4.69, 9.17) is 9.47 Å². The van der Waals surface area contributed by atoms with Crippen molar-refractivity contribution in [2.75, 3.05) is 13.7 Å². The molecule has 2 aliphatic heterocycles. The molecule has 39 heavy (non-hydrogen) atoms. The molecule has 0 radical (unpaired) electrons. The fourth-order valence-electron chi connectivity index (χ4n) is 5.91. The molecule has 0 aromatic heterocycles. The van der Waals surface area contributed by atoms with Gasteiger partial charge in [0.15, 0.2) is 0 Å². The summed E-state index contributed by atoms with van der Waals surface area (Å²) in [6, 6.07) is 14.1. The zero-order chi connectivity index (χ0) is 28.4. The normalized spacial score (nSPS) is 25.2. The number of nitrogens with one attached hydrogen (secondary N) is 1. The first-order valence-electron chi connectivity index (χ1n) is 14.0. The second-order valence-corrected chi connectivity index (χ2v) is 12.0. The topological polar surface area (TPSA) is 84.9 Å². The average molecular weight is 535 g/mol. The van der Waals surface area contributed by atoms with Crippen molar-refractivity contribution < 1.29 is 23.9 Å². The SMILES string of the molecule is CCCCNC(=O)C[C@H]1C[C@@]2(C(=O)OC)C(=C[C@H](C(C)(C)C)O[C@@H]2C)N(Cc2cccc3ccccc23)C1=O. The molecule has 4 rings (SSSR count). The van der Waals surface area contributed by atoms with Crippen LogP contribution < -0.4 is 5.32 Å². The fraction of sp³-hybridized carbons (Fsp3) is 0.531. The standard InChI is InChI=1S/C32H42N2O5/c1-7-8-16-33-28(35)17-24-19-32(30(37)38-6)21(2)39-27(31(3,4)5)18-26(32)34(29(24)36)20-23-14-11-13-22-12-9-10-15-25(22)23/h9-15,18,21,24,27H,7-8,16-17,19-20H2,1-6H3,(H,33,35)/t21-,24+,27-,32+/m1/s1. The zero-order valence-electron chi connectivity index (χ0n) is 24.1. The van der Waals surface area contributed by atoms with Crippen molar-refractivity contribution in [2.24, 2.45) is 16.7 Å². The Morgan fingerprint density at radius 3 is 2.56 bits per heavy atom. The highest BCUT2D eigenvalue weighted by atomic mass is 16.5. The number of hydrogen-bond acceptors (Lipinski definition) is 5. The van der Waals surface area contributed by atoms with Crippen LogP contribution in [0.3, 0.4) is 0 Å². The van der Waals surface area contributed by atoms with Gasteiger partial charge in [-0.3, -0.25) is 14.4 Å². The van der Waals surface area contributed by atoms with Crippen molar-refractivity contribution >= 4 is 28.6 Å². The molecule has 1 saturated heterocycles. The number of unbranched alkanes of at least 4 members (excludes halogenated alkanes) is 1. The fourth-order valence-corrected chi connectivity index (χ4v) is 5.91. The van der Waals surface area contributed by atoms with Crippen LogP contribution in [-0.2, 0) is 30.4 Å². The number of esters is 1. The number of carbonyl (C=O) groups excluding carboxylic acids is 3. The number of ether oxygens (including phenoxy) is 2. The lowest BCUT2D eigenvalue weighted by Crippen LogP contribution is -2.61. The number of nitrogens with zero attached hydrogens (tertiary/aromatic N) is 1. The summed E-state index contributed by atoms with van der Waals surface area (Å²) in [6.45, 7) is 11.0. The van der Waals surface area contributed by atoms with E-state index in [0.29, 0.717) is 12.2 Å². The number of rotatable bonds is 8. The second-order valence-electron chi connectivity index (χ2n) is 12.0. The number of amides is 2. The van der Waals surface area contributed by atoms with Crippen molar-refractivity contribution in [3.63, 3.8) is 0 Å². The summed E-state index contributed by atoms with van der Waals surface area (Å²) in [7, 11) is 1.37. The number of likely N-dealkylation sites (tertiary alicyclic amines) is 1. The minimum Gasteiger partial charge on any atom is -0.468 e. The van der Waals surface area contributed by atoms with E-state index in [2.05, 4.69) is 33.0 Å². The summed E-state index contributed by atoms with van der Waals surface area (Å²) in [4.78, 5) is 42.5. The van der Waals surface area contributed by atoms with Crippen molar-refractivity contribution in [1.82, 2.24) is 10.2 Å². The predicted molar refractivity (Wildman–Crippen MR) is 151 cm³/mol. The maximum atomic E-state index is 14.2. The van der Waals surface area contributed by atoms with Gasteiger partial charge in [-0.25, -0.2) is 0 Å². The maximum Gasteiger partial charge on any atom is 0.320 e. The highest BCUT2D eigenvalue weighted by Gasteiger charge is 2.60. The van der Waals surface area contributed by atoms with Crippen LogP contribution >= 0.6 is 0 Å². The van der Waals surface area contributed by atoms with Crippen LogP contribution in [0.25, 0.3) is 10.8 Å². The highest BCUT2D eigenvalue weighted by molar-refractivity contribution is 5.93. The molecular formula is C32H42N2O5. The Bertz CT molecular complexity index is 1260. The smallest absolute Gasteiger partial charge is 0.320 e. The van der Waals surface area contributed by atoms with Gasteiger partial charge in [0.05, 0.1) is 25.9 Å². The zero-order valence-corrected chi connectivity index (χ0v) is 24.1. The quantitative estimate of drug-likeness (QED) is 0.364. The lowest BCUT2D eigenvalue weighted by Gasteiger charge is -2.53. The van der Waals surface area contributed by atoms with Crippen LogP contribution in [0.15, 0.2) is 54.2 Å². The molecule has 4 atom stereocenters. The summed E-state index contributed by atoms with van der Waals surface area (Å²) in [5, 5.41) is 5.06. The molecule has 2 amide bonds. The lowest BCUT2D eigenvalue weighted by atomic mass is 9.65. The Balaban J connectivity index is 1.83. The minimum absolute atomic E-state index is 0.00995. The maximum absolute atomic E-state index is 14.2. The van der Waals surface area contributed by atoms with E-state index >= 15 is 0 Å². The summed E-state index contributed by atoms with van der Waals surface area (Å²) in [5.41, 5.74) is 0.131. The molecule has 0 saturated carbocycles. The van der Waals surface area contributed by atoms with Gasteiger partial charge >= 0.3 is 5.97 Å². The molecule has 7 heteroatoms. The monoisotopic (exact) mass is 534 g/mol. The summed E-state index contributed by atoms with van der Waals surface area (Å²) < 4.78 is 11.8. The van der Waals surface area contributed by atoms with E-state index in [1.54, 1.807) is 4.90 Å². The van der Waals surface area contributed by atoms with Crippen molar-refractivity contribution in [3.05, 3.63) is 59.8 Å². The lowest BCUT2D eigenvalue weighted by molar-refractivity contribution is -0.180. The Morgan fingerprint density at radius 1 is 1.15 bits per heavy atom. The Morgan fingerprint density at radius 2 is 1.87 bits per heavy atom. The number of carbonyl (C=O) groups is 3. The Kier molecular flexibility index (Phi) is 8.50. The number of hydrogen-bond donors (Lipinski definition) is 1. The molecule has 2 aromatic carbocycles. The molecule has 0 bridgehead atoms. The molecule has 0 spiro atoms. The number of fused-ring (bicyclic) bond motifs is 2. The average Bonchev–Trinajstić information content (AvgIpc) is 2.90. The molecule has 2 aromatic rings. The Hall–Kier alpha value is -3.19. The first kappa shape index (κ1) is 28.8. The molecule has 2 aliphatic rings. The number of benzene rings is 2. The van der Waals surface area contributed by atoms with Gasteiger partial charge in [-0.1, -0.05) is 76.6 Å². The second kappa shape index (κ2) is 11.5. The van der Waals surface area contributed by atoms with Gasteiger partial charge in [-0.05, 0) is 47.6 Å². The van der Waals surface area contributed by atoms with Crippen molar-refractivity contribution in [1.29, 1.82) is 0 Å². The van der Waals surface area contributed by atoms with Crippen LogP contribution in [0.5, 0.6) is 0 Å². The molecule has 0 unspecified atom stereocenters. The summed E-state index contributed by atoms with van der Waals surface area (Å²) in [6.07, 6.45) is 3.09. The van der Waals surface area contributed by atoms with Gasteiger partial charge in [0.1, 0.15) is 5.41 Å². The van der Waals surface area contributed by atoms with E-state index in [1.807, 2.05) is 55.5 Å². The van der Waals surface area contributed by atoms with Crippen LogP contribution in [0, 0.1) is 16.7 Å². The van der Waals surface area contributed by atoms with Gasteiger partial charge < -0.3 is 19.7 Å². The minimum atomic E-state index is -1.21. The molecule has 7 nitrogen and oxygen atoms in total. The van der Waals surface area contributed by atoms with E-state index in [9.17, 15) is 14.4 Å². The first-order chi connectivity index (χ1) is 18.5. The third-order valence-corrected chi connectivity index (χ3v) is 8.18. The van der Waals surface area contributed by atoms with Gasteiger partial charge in [0, 0.05) is 24.6 Å². The molecular weight excluding hydrogens is 492 g/mol. The van der Waals surface area contributed by atoms with Gasteiger partial charge in [-0.15, -0.1) is 0 Å². The summed E-state index contributed by atoms with van der Waals surface area (Å²) >= 11 is 0. The van der Waals surface area contributed by atoms with Crippen LogP contribution in [0.4, 0.5) is 0 Å². The van der Waals surface area contributed by atoms with E-state index in [1.165, 1.54) is 7.11 Å². The number of methoxy groups -OCH3 is 1. The summed E-state index contributed by atoms with van der Waals surface area (Å²) in [5.74, 6) is -1.46. The van der Waals surface area contributed by atoms with E-state index in [-0.39, 0.29) is 42.7 Å². The highest BCUT2D eigenvalue weighted by Crippen LogP contribution is 2.52. The van der Waals surface area contributed by atoms with Gasteiger partial charge in [0.25, 0.3) is 0 Å². The van der Waals surface area contributed by atoms with Crippen molar-refractivity contribution in [2.45, 2.75) is 79.1 Å². The predicted octanol–water partition coefficient (Wildman–Crippen LogP) is 5.37. The molecule has 2 heterocycles. The van der Waals surface area contributed by atoms with Crippen molar-refractivity contribution in [3.8, 4) is 0 Å². The molecule has 1 N–H and O–H groups in total.